The molecule has 2 N–H and O–H groups in total. The Morgan fingerprint density at radius 1 is 1.30 bits per heavy atom. The van der Waals surface area contributed by atoms with Crippen molar-refractivity contribution in [3.63, 3.8) is 0 Å². The molecule has 1 aliphatic heterocycles. The molecule has 0 saturated carbocycles. The van der Waals surface area contributed by atoms with Gasteiger partial charge < -0.3 is 10.6 Å². The van der Waals surface area contributed by atoms with Gasteiger partial charge in [-0.05, 0) is 42.3 Å². The van der Waals surface area contributed by atoms with Gasteiger partial charge in [0.15, 0.2) is 0 Å². The summed E-state index contributed by atoms with van der Waals surface area (Å²) < 4.78 is 0. The van der Waals surface area contributed by atoms with Gasteiger partial charge in [0.25, 0.3) is 5.91 Å². The number of fused-ring (bicyclic) bond motifs is 1. The van der Waals surface area contributed by atoms with Crippen LogP contribution in [0.4, 0.5) is 0 Å². The lowest BCUT2D eigenvalue weighted by Gasteiger charge is -2.19. The number of carbonyl (C=O) groups excluding carboxylic acids is 1. The molecule has 0 saturated heterocycles. The van der Waals surface area contributed by atoms with E-state index < -0.39 is 0 Å². The van der Waals surface area contributed by atoms with Crippen LogP contribution in [0.3, 0.4) is 0 Å². The largest absolute Gasteiger partial charge is 0.346 e. The normalized spacial score (nSPS) is 13.6. The Labute approximate surface area is 117 Å². The average molecular weight is 268 g/mol. The zero-order valence-electron chi connectivity index (χ0n) is 11.1. The third-order valence-corrected chi connectivity index (χ3v) is 3.44. The van der Waals surface area contributed by atoms with Crippen LogP contribution in [0.15, 0.2) is 36.5 Å². The van der Waals surface area contributed by atoms with Crippen LogP contribution >= 0.6 is 0 Å². The molecule has 0 spiro atoms. The highest BCUT2D eigenvalue weighted by atomic mass is 16.1. The van der Waals surface area contributed by atoms with Gasteiger partial charge in [-0.2, -0.15) is 10.2 Å². The van der Waals surface area contributed by atoms with Crippen molar-refractivity contribution in [2.45, 2.75) is 19.5 Å². The molecular weight excluding hydrogens is 252 g/mol. The Hall–Kier alpha value is -2.27. The predicted molar refractivity (Wildman–Crippen MR) is 75.1 cm³/mol. The summed E-state index contributed by atoms with van der Waals surface area (Å²) in [5, 5.41) is 14.0. The molecule has 1 aromatic carbocycles. The van der Waals surface area contributed by atoms with Crippen LogP contribution in [-0.2, 0) is 19.5 Å². The number of rotatable bonds is 3. The van der Waals surface area contributed by atoms with Crippen molar-refractivity contribution < 1.29 is 4.79 Å². The minimum Gasteiger partial charge on any atom is -0.346 e. The first-order valence-corrected chi connectivity index (χ1v) is 6.71. The van der Waals surface area contributed by atoms with E-state index in [1.165, 1.54) is 5.56 Å². The monoisotopic (exact) mass is 268 g/mol. The third kappa shape index (κ3) is 2.67. The van der Waals surface area contributed by atoms with Crippen molar-refractivity contribution >= 4 is 5.91 Å². The van der Waals surface area contributed by atoms with E-state index in [1.807, 2.05) is 24.3 Å². The summed E-state index contributed by atoms with van der Waals surface area (Å²) in [7, 11) is 0. The van der Waals surface area contributed by atoms with Crippen molar-refractivity contribution in [1.29, 1.82) is 0 Å². The van der Waals surface area contributed by atoms with Gasteiger partial charge in [-0.15, -0.1) is 0 Å². The number of carbonyl (C=O) groups is 1. The van der Waals surface area contributed by atoms with E-state index in [9.17, 15) is 4.79 Å². The molecule has 1 aliphatic rings. The van der Waals surface area contributed by atoms with Crippen LogP contribution in [0.2, 0.25) is 0 Å². The van der Waals surface area contributed by atoms with E-state index in [0.29, 0.717) is 6.54 Å². The van der Waals surface area contributed by atoms with Gasteiger partial charge >= 0.3 is 0 Å². The second-order valence-electron chi connectivity index (χ2n) is 4.77. The van der Waals surface area contributed by atoms with E-state index in [1.54, 1.807) is 6.20 Å². The van der Waals surface area contributed by atoms with Crippen molar-refractivity contribution in [2.24, 2.45) is 0 Å². The van der Waals surface area contributed by atoms with E-state index in [4.69, 9.17) is 0 Å². The Bertz CT molecular complexity index is 613. The summed E-state index contributed by atoms with van der Waals surface area (Å²) in [4.78, 5) is 12.3. The molecule has 2 aromatic rings. The van der Waals surface area contributed by atoms with Crippen molar-refractivity contribution in [1.82, 2.24) is 20.8 Å². The van der Waals surface area contributed by atoms with Crippen molar-refractivity contribution in [3.8, 4) is 0 Å². The topological polar surface area (TPSA) is 66.9 Å². The number of nitrogens with one attached hydrogen (secondary N) is 2. The summed E-state index contributed by atoms with van der Waals surface area (Å²) >= 11 is 0. The lowest BCUT2D eigenvalue weighted by atomic mass is 9.95. The van der Waals surface area contributed by atoms with Gasteiger partial charge in [-0.1, -0.05) is 12.1 Å². The Morgan fingerprint density at radius 2 is 2.25 bits per heavy atom. The zero-order chi connectivity index (χ0) is 13.8. The maximum absolute atomic E-state index is 12.3. The lowest BCUT2D eigenvalue weighted by Crippen LogP contribution is -2.29. The summed E-state index contributed by atoms with van der Waals surface area (Å²) in [5.74, 6) is -0.0468. The molecule has 1 amide bonds. The molecular formula is C15H16N4O. The number of benzene rings is 1. The molecule has 102 valence electrons. The Morgan fingerprint density at radius 3 is 3.10 bits per heavy atom. The number of hydrogen-bond donors (Lipinski definition) is 2. The standard InChI is InChI=1S/C15H16N4O/c20-15(17-10-12-4-2-7-18-19-12)14-5-1-3-11-9-16-8-6-13(11)14/h1-5,7,16H,6,8-10H2,(H,17,20). The second kappa shape index (κ2) is 5.79. The molecule has 0 aliphatic carbocycles. The molecule has 5 nitrogen and oxygen atoms in total. The highest BCUT2D eigenvalue weighted by molar-refractivity contribution is 5.96. The van der Waals surface area contributed by atoms with Crippen molar-refractivity contribution in [3.05, 3.63) is 58.9 Å². The fourth-order valence-corrected chi connectivity index (χ4v) is 2.44. The van der Waals surface area contributed by atoms with E-state index in [2.05, 4.69) is 26.9 Å². The summed E-state index contributed by atoms with van der Waals surface area (Å²) in [6.07, 6.45) is 2.51. The first kappa shape index (κ1) is 12.7. The van der Waals surface area contributed by atoms with E-state index in [-0.39, 0.29) is 5.91 Å². The quantitative estimate of drug-likeness (QED) is 0.873. The number of amides is 1. The molecule has 1 aromatic heterocycles. The maximum atomic E-state index is 12.3. The highest BCUT2D eigenvalue weighted by Gasteiger charge is 2.16. The molecule has 0 fully saturated rings. The van der Waals surface area contributed by atoms with Crippen LogP contribution in [0.1, 0.15) is 27.2 Å². The molecule has 0 radical (unpaired) electrons. The second-order valence-corrected chi connectivity index (χ2v) is 4.77. The lowest BCUT2D eigenvalue weighted by molar-refractivity contribution is 0.0949. The maximum Gasteiger partial charge on any atom is 0.251 e. The molecule has 2 heterocycles. The van der Waals surface area contributed by atoms with E-state index >= 15 is 0 Å². The SMILES string of the molecule is O=C(NCc1cccnn1)c1cccc2c1CCNC2. The van der Waals surface area contributed by atoms with Crippen LogP contribution in [0.5, 0.6) is 0 Å². The van der Waals surface area contributed by atoms with Crippen LogP contribution in [0, 0.1) is 0 Å². The smallest absolute Gasteiger partial charge is 0.251 e. The molecule has 0 atom stereocenters. The average Bonchev–Trinajstić information content (AvgIpc) is 2.53. The van der Waals surface area contributed by atoms with Gasteiger partial charge in [0.05, 0.1) is 12.2 Å². The van der Waals surface area contributed by atoms with Crippen molar-refractivity contribution in [2.75, 3.05) is 6.54 Å². The minimum atomic E-state index is -0.0468. The Kier molecular flexibility index (Phi) is 3.69. The predicted octanol–water partition coefficient (Wildman–Crippen LogP) is 1.05. The fraction of sp³-hybridized carbons (Fsp3) is 0.267. The molecule has 20 heavy (non-hydrogen) atoms. The fourth-order valence-electron chi connectivity index (χ4n) is 2.44. The van der Waals surface area contributed by atoms with Crippen LogP contribution in [-0.4, -0.2) is 22.6 Å². The van der Waals surface area contributed by atoms with Crippen LogP contribution < -0.4 is 10.6 Å². The highest BCUT2D eigenvalue weighted by Crippen LogP contribution is 2.18. The number of hydrogen-bond acceptors (Lipinski definition) is 4. The van der Waals surface area contributed by atoms with Gasteiger partial charge in [-0.25, -0.2) is 0 Å². The van der Waals surface area contributed by atoms with Gasteiger partial charge in [0.2, 0.25) is 0 Å². The first-order valence-electron chi connectivity index (χ1n) is 6.71. The number of nitrogens with zero attached hydrogens (tertiary/aromatic N) is 2. The molecule has 0 bridgehead atoms. The first-order chi connectivity index (χ1) is 9.84. The van der Waals surface area contributed by atoms with E-state index in [0.717, 1.165) is 36.3 Å². The number of aromatic nitrogens is 2. The molecule has 0 unspecified atom stereocenters. The van der Waals surface area contributed by atoms with Gasteiger partial charge in [0.1, 0.15) is 0 Å². The molecule has 3 rings (SSSR count). The Balaban J connectivity index is 1.74. The third-order valence-electron chi connectivity index (χ3n) is 3.44. The summed E-state index contributed by atoms with van der Waals surface area (Å²) in [6.45, 7) is 2.15. The minimum absolute atomic E-state index is 0.0468. The zero-order valence-corrected chi connectivity index (χ0v) is 11.1. The summed E-state index contributed by atoms with van der Waals surface area (Å²) in [6, 6.07) is 9.54. The van der Waals surface area contributed by atoms with Gasteiger partial charge in [0, 0.05) is 18.3 Å². The summed E-state index contributed by atoms with van der Waals surface area (Å²) in [5.41, 5.74) is 3.89. The van der Waals surface area contributed by atoms with Gasteiger partial charge in [-0.3, -0.25) is 4.79 Å². The van der Waals surface area contributed by atoms with Crippen LogP contribution in [0.25, 0.3) is 0 Å². The molecule has 5 heteroatoms.